The summed E-state index contributed by atoms with van der Waals surface area (Å²) in [4.78, 5) is 26.1. The van der Waals surface area contributed by atoms with Crippen LogP contribution in [0.3, 0.4) is 0 Å². The molecule has 2 atom stereocenters. The first kappa shape index (κ1) is 12.6. The Morgan fingerprint density at radius 2 is 2.17 bits per heavy atom. The fraction of sp³-hybridized carbons (Fsp3) is 0.727. The van der Waals surface area contributed by atoms with Crippen molar-refractivity contribution in [1.29, 1.82) is 5.26 Å². The molecule has 2 fully saturated rings. The van der Waals surface area contributed by atoms with Gasteiger partial charge < -0.3 is 19.6 Å². The second-order valence-corrected chi connectivity index (χ2v) is 4.41. The van der Waals surface area contributed by atoms with Gasteiger partial charge in [0.15, 0.2) is 6.10 Å². The molecular formula is C11H15N3O4. The van der Waals surface area contributed by atoms with Crippen molar-refractivity contribution >= 4 is 12.0 Å². The summed E-state index contributed by atoms with van der Waals surface area (Å²) in [5.74, 6) is -0.967. The molecule has 2 unspecified atom stereocenters. The molecule has 7 heteroatoms. The number of hydrogen-bond acceptors (Lipinski definition) is 4. The van der Waals surface area contributed by atoms with E-state index in [1.54, 1.807) is 0 Å². The highest BCUT2D eigenvalue weighted by atomic mass is 16.5. The Kier molecular flexibility index (Phi) is 3.67. The van der Waals surface area contributed by atoms with Gasteiger partial charge in [-0.2, -0.15) is 5.26 Å². The Morgan fingerprint density at radius 3 is 2.83 bits per heavy atom. The van der Waals surface area contributed by atoms with Crippen LogP contribution < -0.4 is 0 Å². The molecule has 0 saturated carbocycles. The number of ether oxygens (including phenoxy) is 1. The average molecular weight is 253 g/mol. The highest BCUT2D eigenvalue weighted by molar-refractivity contribution is 5.83. The fourth-order valence-corrected chi connectivity index (χ4v) is 2.34. The van der Waals surface area contributed by atoms with Crippen molar-refractivity contribution in [2.75, 3.05) is 26.2 Å². The van der Waals surface area contributed by atoms with Crippen LogP contribution in [-0.2, 0) is 9.53 Å². The van der Waals surface area contributed by atoms with Crippen molar-refractivity contribution in [3.8, 4) is 6.07 Å². The molecule has 2 saturated heterocycles. The van der Waals surface area contributed by atoms with Gasteiger partial charge >= 0.3 is 12.0 Å². The number of nitrogens with zero attached hydrogens (tertiary/aromatic N) is 3. The van der Waals surface area contributed by atoms with Crippen LogP contribution in [0.5, 0.6) is 0 Å². The largest absolute Gasteiger partial charge is 0.480 e. The van der Waals surface area contributed by atoms with E-state index in [9.17, 15) is 9.59 Å². The van der Waals surface area contributed by atoms with Gasteiger partial charge in [0.05, 0.1) is 19.2 Å². The van der Waals surface area contributed by atoms with Crippen LogP contribution in [-0.4, -0.2) is 65.3 Å². The van der Waals surface area contributed by atoms with E-state index >= 15 is 0 Å². The van der Waals surface area contributed by atoms with Crippen molar-refractivity contribution in [2.24, 2.45) is 0 Å². The maximum Gasteiger partial charge on any atom is 0.326 e. The maximum absolute atomic E-state index is 12.2. The highest BCUT2D eigenvalue weighted by Gasteiger charge is 2.37. The van der Waals surface area contributed by atoms with Gasteiger partial charge in [-0.15, -0.1) is 0 Å². The summed E-state index contributed by atoms with van der Waals surface area (Å²) in [6.07, 6.45) is 0.579. The summed E-state index contributed by atoms with van der Waals surface area (Å²) in [6, 6.07) is 0.925. The number of carboxylic acids is 1. The molecule has 0 aromatic heterocycles. The quantitative estimate of drug-likeness (QED) is 0.703. The van der Waals surface area contributed by atoms with Gasteiger partial charge in [0.25, 0.3) is 0 Å². The van der Waals surface area contributed by atoms with Gasteiger partial charge in [-0.3, -0.25) is 0 Å². The number of carbonyl (C=O) groups is 2. The van der Waals surface area contributed by atoms with Crippen LogP contribution in [0.1, 0.15) is 12.8 Å². The number of carboxylic acid groups (broad SMARTS) is 1. The zero-order chi connectivity index (χ0) is 13.1. The van der Waals surface area contributed by atoms with Crippen LogP contribution in [0.15, 0.2) is 0 Å². The first-order chi connectivity index (χ1) is 8.63. The van der Waals surface area contributed by atoms with Crippen LogP contribution >= 0.6 is 0 Å². The van der Waals surface area contributed by atoms with Gasteiger partial charge in [-0.05, 0) is 12.8 Å². The molecule has 0 bridgehead atoms. The van der Waals surface area contributed by atoms with Crippen molar-refractivity contribution in [3.63, 3.8) is 0 Å². The molecular weight excluding hydrogens is 238 g/mol. The molecule has 0 aliphatic carbocycles. The number of morpholine rings is 1. The summed E-state index contributed by atoms with van der Waals surface area (Å²) in [7, 11) is 0. The minimum atomic E-state index is -0.967. The normalized spacial score (nSPS) is 27.9. The van der Waals surface area contributed by atoms with E-state index in [0.29, 0.717) is 32.5 Å². The smallest absolute Gasteiger partial charge is 0.326 e. The van der Waals surface area contributed by atoms with Crippen molar-refractivity contribution < 1.29 is 19.4 Å². The Morgan fingerprint density at radius 1 is 1.39 bits per heavy atom. The summed E-state index contributed by atoms with van der Waals surface area (Å²) in [5.41, 5.74) is 0. The molecule has 0 spiro atoms. The lowest BCUT2D eigenvalue weighted by molar-refractivity contribution is -0.141. The van der Waals surface area contributed by atoms with Gasteiger partial charge in [-0.25, -0.2) is 9.59 Å². The number of nitriles is 1. The molecule has 98 valence electrons. The number of rotatable bonds is 1. The van der Waals surface area contributed by atoms with Crippen molar-refractivity contribution in [2.45, 2.75) is 25.0 Å². The van der Waals surface area contributed by atoms with Crippen LogP contribution in [0, 0.1) is 11.3 Å². The van der Waals surface area contributed by atoms with E-state index < -0.39 is 18.1 Å². The summed E-state index contributed by atoms with van der Waals surface area (Å²) >= 11 is 0. The molecule has 7 nitrogen and oxygen atoms in total. The van der Waals surface area contributed by atoms with E-state index in [-0.39, 0.29) is 12.6 Å². The van der Waals surface area contributed by atoms with E-state index in [0.717, 1.165) is 0 Å². The van der Waals surface area contributed by atoms with Crippen molar-refractivity contribution in [3.05, 3.63) is 0 Å². The first-order valence-electron chi connectivity index (χ1n) is 5.93. The van der Waals surface area contributed by atoms with E-state index in [1.807, 2.05) is 6.07 Å². The zero-order valence-corrected chi connectivity index (χ0v) is 9.91. The van der Waals surface area contributed by atoms with E-state index in [4.69, 9.17) is 15.1 Å². The minimum Gasteiger partial charge on any atom is -0.480 e. The summed E-state index contributed by atoms with van der Waals surface area (Å²) < 4.78 is 5.15. The summed E-state index contributed by atoms with van der Waals surface area (Å²) in [5, 5.41) is 17.8. The predicted molar refractivity (Wildman–Crippen MR) is 59.7 cm³/mol. The average Bonchev–Trinajstić information content (AvgIpc) is 2.87. The lowest BCUT2D eigenvalue weighted by Gasteiger charge is -2.34. The molecule has 2 amide bonds. The molecule has 2 rings (SSSR count). The molecule has 2 aliphatic rings. The molecule has 0 aromatic rings. The molecule has 1 N–H and O–H groups in total. The molecule has 2 aliphatic heterocycles. The Hall–Kier alpha value is -1.81. The van der Waals surface area contributed by atoms with Gasteiger partial charge in [0.2, 0.25) is 0 Å². The third kappa shape index (κ3) is 2.38. The third-order valence-corrected chi connectivity index (χ3v) is 3.26. The number of amides is 2. The number of aliphatic carboxylic acids is 1. The number of likely N-dealkylation sites (tertiary alicyclic amines) is 1. The Labute approximate surface area is 105 Å². The molecule has 0 aromatic carbocycles. The third-order valence-electron chi connectivity index (χ3n) is 3.26. The standard InChI is InChI=1S/C11H15N3O4/c12-6-8-7-13(4-5-18-8)11(17)14-3-1-2-9(14)10(15)16/h8-9H,1-5,7H2,(H,15,16). The number of urea groups is 1. The highest BCUT2D eigenvalue weighted by Crippen LogP contribution is 2.20. The fourth-order valence-electron chi connectivity index (χ4n) is 2.34. The van der Waals surface area contributed by atoms with E-state index in [1.165, 1.54) is 9.80 Å². The molecule has 2 heterocycles. The van der Waals surface area contributed by atoms with Crippen molar-refractivity contribution in [1.82, 2.24) is 9.80 Å². The predicted octanol–water partition coefficient (Wildman–Crippen LogP) is -0.120. The lowest BCUT2D eigenvalue weighted by atomic mass is 10.2. The van der Waals surface area contributed by atoms with Crippen LogP contribution in [0.2, 0.25) is 0 Å². The second kappa shape index (κ2) is 5.23. The zero-order valence-electron chi connectivity index (χ0n) is 9.91. The molecule has 0 radical (unpaired) electrons. The molecule has 18 heavy (non-hydrogen) atoms. The topological polar surface area (TPSA) is 93.9 Å². The maximum atomic E-state index is 12.2. The SMILES string of the molecule is N#CC1CN(C(=O)N2CCCC2C(=O)O)CCO1. The second-order valence-electron chi connectivity index (χ2n) is 4.41. The monoisotopic (exact) mass is 253 g/mol. The van der Waals surface area contributed by atoms with E-state index in [2.05, 4.69) is 0 Å². The Bertz CT molecular complexity index is 392. The van der Waals surface area contributed by atoms with Crippen LogP contribution in [0.4, 0.5) is 4.79 Å². The van der Waals surface area contributed by atoms with Gasteiger partial charge in [-0.1, -0.05) is 0 Å². The number of carbonyl (C=O) groups excluding carboxylic acids is 1. The van der Waals surface area contributed by atoms with Gasteiger partial charge in [0.1, 0.15) is 6.04 Å². The Balaban J connectivity index is 2.02. The minimum absolute atomic E-state index is 0.207. The first-order valence-corrected chi connectivity index (χ1v) is 5.93. The lowest BCUT2D eigenvalue weighted by Crippen LogP contribution is -2.53. The van der Waals surface area contributed by atoms with Gasteiger partial charge in [0, 0.05) is 13.1 Å². The summed E-state index contributed by atoms with van der Waals surface area (Å²) in [6.45, 7) is 1.39. The van der Waals surface area contributed by atoms with Crippen LogP contribution in [0.25, 0.3) is 0 Å². The number of hydrogen-bond donors (Lipinski definition) is 1.